The summed E-state index contributed by atoms with van der Waals surface area (Å²) < 4.78 is 6.22. The van der Waals surface area contributed by atoms with Gasteiger partial charge in [-0.3, -0.25) is 0 Å². The van der Waals surface area contributed by atoms with Crippen LogP contribution in [0.5, 0.6) is 5.75 Å². The lowest BCUT2D eigenvalue weighted by Crippen LogP contribution is -2.30. The van der Waals surface area contributed by atoms with Gasteiger partial charge in [-0.1, -0.05) is 87.1 Å². The standard InChI is InChI=1S/C37H42N2O3S/c40-36(41)32-20-14-28(15-21-32)24-39(23-27-8-3-1-4-9-27)37-38-35(26-43-37)33-12-7-13-34(22-33)42-25-29-16-18-31(19-17-29)30-10-5-2-6-11-30/h7,12-22,26-27,30H,1-6,8-11,23-25H2,(H,40,41). The van der Waals surface area contributed by atoms with Crippen molar-refractivity contribution in [2.24, 2.45) is 5.92 Å². The number of hydrogen-bond acceptors (Lipinski definition) is 5. The van der Waals surface area contributed by atoms with Gasteiger partial charge in [-0.05, 0) is 78.5 Å². The Kier molecular flexibility index (Phi) is 9.73. The highest BCUT2D eigenvalue weighted by Crippen LogP contribution is 2.34. The van der Waals surface area contributed by atoms with Crippen LogP contribution in [-0.4, -0.2) is 22.6 Å². The zero-order valence-electron chi connectivity index (χ0n) is 24.9. The van der Waals surface area contributed by atoms with Crippen molar-refractivity contribution in [3.63, 3.8) is 0 Å². The summed E-state index contributed by atoms with van der Waals surface area (Å²) in [6.45, 7) is 2.23. The van der Waals surface area contributed by atoms with Gasteiger partial charge in [-0.2, -0.15) is 0 Å². The highest BCUT2D eigenvalue weighted by atomic mass is 32.1. The largest absolute Gasteiger partial charge is 0.489 e. The molecule has 3 aromatic carbocycles. The van der Waals surface area contributed by atoms with E-state index in [1.54, 1.807) is 23.5 Å². The van der Waals surface area contributed by atoms with Crippen molar-refractivity contribution in [2.75, 3.05) is 11.4 Å². The first-order valence-electron chi connectivity index (χ1n) is 16.0. The maximum atomic E-state index is 11.3. The molecule has 43 heavy (non-hydrogen) atoms. The summed E-state index contributed by atoms with van der Waals surface area (Å²) >= 11 is 1.68. The number of benzene rings is 3. The van der Waals surface area contributed by atoms with Crippen molar-refractivity contribution in [1.82, 2.24) is 4.98 Å². The molecular formula is C37H42N2O3S. The van der Waals surface area contributed by atoms with Crippen LogP contribution in [0.2, 0.25) is 0 Å². The van der Waals surface area contributed by atoms with E-state index >= 15 is 0 Å². The van der Waals surface area contributed by atoms with Gasteiger partial charge in [0.05, 0.1) is 11.3 Å². The maximum Gasteiger partial charge on any atom is 0.335 e. The minimum atomic E-state index is -0.894. The minimum absolute atomic E-state index is 0.317. The van der Waals surface area contributed by atoms with Crippen molar-refractivity contribution in [3.8, 4) is 17.0 Å². The summed E-state index contributed by atoms with van der Waals surface area (Å²) in [5.41, 5.74) is 6.08. The van der Waals surface area contributed by atoms with Gasteiger partial charge in [0, 0.05) is 24.0 Å². The molecule has 2 aliphatic carbocycles. The van der Waals surface area contributed by atoms with Crippen molar-refractivity contribution in [3.05, 3.63) is 100 Å². The topological polar surface area (TPSA) is 62.7 Å². The molecular weight excluding hydrogens is 552 g/mol. The first-order chi connectivity index (χ1) is 21.1. The Morgan fingerprint density at radius 1 is 0.860 bits per heavy atom. The monoisotopic (exact) mass is 594 g/mol. The molecule has 1 N–H and O–H groups in total. The number of carbonyl (C=O) groups is 1. The van der Waals surface area contributed by atoms with Crippen LogP contribution in [0.4, 0.5) is 5.13 Å². The number of aromatic carboxylic acids is 1. The van der Waals surface area contributed by atoms with Crippen LogP contribution in [0.1, 0.15) is 97.2 Å². The lowest BCUT2D eigenvalue weighted by Gasteiger charge is -2.29. The molecule has 1 aromatic heterocycles. The molecule has 2 fully saturated rings. The van der Waals surface area contributed by atoms with Crippen molar-refractivity contribution < 1.29 is 14.6 Å². The predicted octanol–water partition coefficient (Wildman–Crippen LogP) is 9.72. The fourth-order valence-electron chi connectivity index (χ4n) is 6.64. The van der Waals surface area contributed by atoms with E-state index in [-0.39, 0.29) is 0 Å². The Hall–Kier alpha value is -3.64. The van der Waals surface area contributed by atoms with Crippen molar-refractivity contribution in [1.29, 1.82) is 0 Å². The zero-order valence-corrected chi connectivity index (χ0v) is 25.7. The molecule has 4 aromatic rings. The van der Waals surface area contributed by atoms with Crippen LogP contribution in [0.15, 0.2) is 78.2 Å². The Bertz CT molecular complexity index is 1470. The Labute approximate surface area is 259 Å². The molecule has 0 saturated heterocycles. The quantitative estimate of drug-likeness (QED) is 0.187. The number of carboxylic acid groups (broad SMARTS) is 1. The summed E-state index contributed by atoms with van der Waals surface area (Å²) in [6, 6.07) is 24.5. The molecule has 6 heteroatoms. The van der Waals surface area contributed by atoms with Gasteiger partial charge in [0.15, 0.2) is 5.13 Å². The third-order valence-corrected chi connectivity index (χ3v) is 10.0. The van der Waals surface area contributed by atoms with Gasteiger partial charge in [0.1, 0.15) is 12.4 Å². The molecule has 0 radical (unpaired) electrons. The van der Waals surface area contributed by atoms with E-state index in [0.29, 0.717) is 24.6 Å². The van der Waals surface area contributed by atoms with Crippen LogP contribution in [0, 0.1) is 5.92 Å². The predicted molar refractivity (Wildman–Crippen MR) is 175 cm³/mol. The Balaban J connectivity index is 1.13. The van der Waals surface area contributed by atoms with E-state index in [1.165, 1.54) is 75.3 Å². The van der Waals surface area contributed by atoms with E-state index < -0.39 is 5.97 Å². The smallest absolute Gasteiger partial charge is 0.335 e. The van der Waals surface area contributed by atoms with Crippen LogP contribution in [0.25, 0.3) is 11.3 Å². The molecule has 6 rings (SSSR count). The van der Waals surface area contributed by atoms with E-state index in [1.807, 2.05) is 24.3 Å². The normalized spacial score (nSPS) is 16.2. The highest BCUT2D eigenvalue weighted by molar-refractivity contribution is 7.14. The zero-order chi connectivity index (χ0) is 29.4. The second-order valence-electron chi connectivity index (χ2n) is 12.3. The van der Waals surface area contributed by atoms with Crippen LogP contribution in [-0.2, 0) is 13.2 Å². The SMILES string of the molecule is O=C(O)c1ccc(CN(CC2CCCCC2)c2nc(-c3cccc(OCc4ccc(C5CCCCC5)cc4)c3)cs2)cc1. The minimum Gasteiger partial charge on any atom is -0.489 e. The number of carboxylic acids is 1. The van der Waals surface area contributed by atoms with Crippen molar-refractivity contribution >= 4 is 22.4 Å². The number of aromatic nitrogens is 1. The Morgan fingerprint density at radius 2 is 1.56 bits per heavy atom. The number of rotatable bonds is 11. The number of thiazole rings is 1. The summed E-state index contributed by atoms with van der Waals surface area (Å²) in [6.07, 6.45) is 13.2. The number of ether oxygens (including phenoxy) is 1. The molecule has 0 unspecified atom stereocenters. The fourth-order valence-corrected chi connectivity index (χ4v) is 7.49. The van der Waals surface area contributed by atoms with Gasteiger partial charge in [-0.25, -0.2) is 9.78 Å². The first kappa shape index (κ1) is 29.4. The van der Waals surface area contributed by atoms with Crippen molar-refractivity contribution in [2.45, 2.75) is 83.3 Å². The number of anilines is 1. The molecule has 0 amide bonds. The van der Waals surface area contributed by atoms with E-state index in [0.717, 1.165) is 40.2 Å². The third kappa shape index (κ3) is 7.85. The summed E-state index contributed by atoms with van der Waals surface area (Å²) in [4.78, 5) is 18.8. The van der Waals surface area contributed by atoms with Gasteiger partial charge < -0.3 is 14.7 Å². The first-order valence-corrected chi connectivity index (χ1v) is 16.8. The molecule has 0 spiro atoms. The average Bonchev–Trinajstić information content (AvgIpc) is 3.56. The summed E-state index contributed by atoms with van der Waals surface area (Å²) in [7, 11) is 0. The number of nitrogens with zero attached hydrogens (tertiary/aromatic N) is 2. The summed E-state index contributed by atoms with van der Waals surface area (Å²) in [5, 5.41) is 12.4. The van der Waals surface area contributed by atoms with Gasteiger partial charge in [0.25, 0.3) is 0 Å². The van der Waals surface area contributed by atoms with Gasteiger partial charge in [-0.15, -0.1) is 11.3 Å². The molecule has 0 aliphatic heterocycles. The number of hydrogen-bond donors (Lipinski definition) is 1. The maximum absolute atomic E-state index is 11.3. The van der Waals surface area contributed by atoms with Gasteiger partial charge >= 0.3 is 5.97 Å². The van der Waals surface area contributed by atoms with E-state index in [4.69, 9.17) is 9.72 Å². The fraction of sp³-hybridized carbons (Fsp3) is 0.405. The third-order valence-electron chi connectivity index (χ3n) is 9.13. The Morgan fingerprint density at radius 3 is 2.28 bits per heavy atom. The molecule has 5 nitrogen and oxygen atoms in total. The molecule has 2 saturated carbocycles. The molecule has 2 aliphatic rings. The average molecular weight is 595 g/mol. The van der Waals surface area contributed by atoms with Crippen LogP contribution >= 0.6 is 11.3 Å². The molecule has 0 atom stereocenters. The van der Waals surface area contributed by atoms with Crippen LogP contribution < -0.4 is 9.64 Å². The molecule has 224 valence electrons. The van der Waals surface area contributed by atoms with E-state index in [2.05, 4.69) is 46.7 Å². The molecule has 1 heterocycles. The lowest BCUT2D eigenvalue weighted by molar-refractivity contribution is 0.0697. The van der Waals surface area contributed by atoms with E-state index in [9.17, 15) is 9.90 Å². The molecule has 0 bridgehead atoms. The summed E-state index contributed by atoms with van der Waals surface area (Å²) in [5.74, 6) is 1.34. The van der Waals surface area contributed by atoms with Crippen LogP contribution in [0.3, 0.4) is 0 Å². The highest BCUT2D eigenvalue weighted by Gasteiger charge is 2.21. The van der Waals surface area contributed by atoms with Gasteiger partial charge in [0.2, 0.25) is 0 Å². The second-order valence-corrected chi connectivity index (χ2v) is 13.1. The lowest BCUT2D eigenvalue weighted by atomic mass is 9.84. The second kappa shape index (κ2) is 14.2.